The average molecular weight is 325 g/mol. The van der Waals surface area contributed by atoms with Crippen molar-refractivity contribution in [2.45, 2.75) is 18.9 Å². The van der Waals surface area contributed by atoms with E-state index < -0.39 is 0 Å². The quantitative estimate of drug-likeness (QED) is 0.874. The van der Waals surface area contributed by atoms with E-state index in [1.54, 1.807) is 13.2 Å². The van der Waals surface area contributed by atoms with E-state index in [0.717, 1.165) is 42.0 Å². The molecule has 0 bridgehead atoms. The third-order valence-electron chi connectivity index (χ3n) is 5.48. The summed E-state index contributed by atoms with van der Waals surface area (Å²) >= 11 is 0. The first-order chi connectivity index (χ1) is 11.7. The highest BCUT2D eigenvalue weighted by Gasteiger charge is 2.38. The highest BCUT2D eigenvalue weighted by molar-refractivity contribution is 5.85. The van der Waals surface area contributed by atoms with E-state index >= 15 is 0 Å². The zero-order valence-corrected chi connectivity index (χ0v) is 13.8. The lowest BCUT2D eigenvalue weighted by molar-refractivity contribution is 0.174. The van der Waals surface area contributed by atoms with Crippen molar-refractivity contribution < 1.29 is 19.3 Å². The van der Waals surface area contributed by atoms with E-state index in [-0.39, 0.29) is 12.5 Å². The lowest BCUT2D eigenvalue weighted by Gasteiger charge is -2.40. The summed E-state index contributed by atoms with van der Waals surface area (Å²) < 4.78 is 16.8. The van der Waals surface area contributed by atoms with Crippen LogP contribution >= 0.6 is 0 Å². The number of hydrogen-bond donors (Lipinski definition) is 1. The van der Waals surface area contributed by atoms with Crippen molar-refractivity contribution >= 4 is 0 Å². The van der Waals surface area contributed by atoms with Crippen LogP contribution in [-0.2, 0) is 12.8 Å². The molecule has 2 aromatic carbocycles. The van der Waals surface area contributed by atoms with Crippen LogP contribution in [0.4, 0.5) is 0 Å². The van der Waals surface area contributed by atoms with Crippen LogP contribution < -0.4 is 14.2 Å². The number of phenolic OH excluding ortho intramolecular Hbond substituents is 1. The van der Waals surface area contributed by atoms with Crippen molar-refractivity contribution in [3.05, 3.63) is 34.9 Å². The fraction of sp³-hybridized carbons (Fsp3) is 0.368. The molecule has 0 radical (unpaired) electrons. The van der Waals surface area contributed by atoms with Gasteiger partial charge in [-0.15, -0.1) is 0 Å². The molecule has 1 aliphatic carbocycles. The molecule has 0 spiro atoms. The van der Waals surface area contributed by atoms with Crippen LogP contribution in [-0.4, -0.2) is 37.5 Å². The number of methoxy groups -OCH3 is 1. The van der Waals surface area contributed by atoms with Crippen molar-refractivity contribution in [3.8, 4) is 34.1 Å². The Morgan fingerprint density at radius 3 is 2.92 bits per heavy atom. The second-order valence-corrected chi connectivity index (χ2v) is 6.69. The number of rotatable bonds is 1. The Labute approximate surface area is 140 Å². The van der Waals surface area contributed by atoms with Crippen LogP contribution in [0.25, 0.3) is 11.1 Å². The molecule has 5 heteroatoms. The van der Waals surface area contributed by atoms with Gasteiger partial charge in [-0.1, -0.05) is 0 Å². The summed E-state index contributed by atoms with van der Waals surface area (Å²) in [5.74, 6) is 2.29. The maximum absolute atomic E-state index is 10.3. The number of aromatic hydroxyl groups is 1. The maximum Gasteiger partial charge on any atom is 0.231 e. The molecule has 0 amide bonds. The van der Waals surface area contributed by atoms with E-state index in [4.69, 9.17) is 14.2 Å². The minimum atomic E-state index is 0.157. The Balaban J connectivity index is 1.85. The molecule has 2 aliphatic heterocycles. The molecule has 1 atom stereocenters. The Morgan fingerprint density at radius 2 is 2.08 bits per heavy atom. The SMILES string of the molecule is COc1cc2c(cc1O)-c1c3c(cc4c1[C@H](C2)N(C)CC4)OCO3. The number of hydrogen-bond acceptors (Lipinski definition) is 5. The zero-order valence-electron chi connectivity index (χ0n) is 13.8. The zero-order chi connectivity index (χ0) is 16.4. The van der Waals surface area contributed by atoms with Gasteiger partial charge in [-0.3, -0.25) is 4.90 Å². The van der Waals surface area contributed by atoms with Crippen LogP contribution in [0.1, 0.15) is 22.7 Å². The fourth-order valence-corrected chi connectivity index (χ4v) is 4.28. The van der Waals surface area contributed by atoms with Crippen LogP contribution in [0.2, 0.25) is 0 Å². The molecule has 0 fully saturated rings. The van der Waals surface area contributed by atoms with Crippen molar-refractivity contribution in [3.63, 3.8) is 0 Å². The predicted molar refractivity (Wildman–Crippen MR) is 89.0 cm³/mol. The van der Waals surface area contributed by atoms with Crippen LogP contribution in [0.5, 0.6) is 23.0 Å². The minimum Gasteiger partial charge on any atom is -0.504 e. The number of nitrogens with zero attached hydrogens (tertiary/aromatic N) is 1. The molecule has 0 unspecified atom stereocenters. The second-order valence-electron chi connectivity index (χ2n) is 6.69. The number of fused-ring (bicyclic) bond motifs is 4. The summed E-state index contributed by atoms with van der Waals surface area (Å²) in [6.45, 7) is 1.28. The molecule has 3 aliphatic rings. The first kappa shape index (κ1) is 14.0. The van der Waals surface area contributed by atoms with Gasteiger partial charge in [-0.2, -0.15) is 0 Å². The molecular weight excluding hydrogens is 306 g/mol. The van der Waals surface area contributed by atoms with Gasteiger partial charge in [-0.25, -0.2) is 0 Å². The standard InChI is InChI=1S/C19H19NO4/c1-20-4-3-10-6-16-19(24-9-23-16)18-12-8-14(21)15(22-2)7-11(12)5-13(20)17(10)18/h6-8,13,21H,3-5,9H2,1-2H3/t13-/m0/s1. The molecule has 0 saturated carbocycles. The monoisotopic (exact) mass is 325 g/mol. The third-order valence-corrected chi connectivity index (χ3v) is 5.48. The second kappa shape index (κ2) is 4.80. The fourth-order valence-electron chi connectivity index (χ4n) is 4.28. The highest BCUT2D eigenvalue weighted by Crippen LogP contribution is 2.54. The van der Waals surface area contributed by atoms with Gasteiger partial charge in [0.25, 0.3) is 0 Å². The smallest absolute Gasteiger partial charge is 0.231 e. The van der Waals surface area contributed by atoms with Gasteiger partial charge in [-0.05, 0) is 60.3 Å². The normalized spacial score (nSPS) is 20.5. The topological polar surface area (TPSA) is 51.2 Å². The molecular formula is C19H19NO4. The summed E-state index contributed by atoms with van der Waals surface area (Å²) in [5, 5.41) is 10.3. The minimum absolute atomic E-state index is 0.157. The molecule has 2 heterocycles. The van der Waals surface area contributed by atoms with Crippen LogP contribution in [0.15, 0.2) is 18.2 Å². The summed E-state index contributed by atoms with van der Waals surface area (Å²) in [6, 6.07) is 6.21. The van der Waals surface area contributed by atoms with E-state index in [2.05, 4.69) is 18.0 Å². The van der Waals surface area contributed by atoms with E-state index in [9.17, 15) is 5.11 Å². The van der Waals surface area contributed by atoms with E-state index in [1.165, 1.54) is 16.7 Å². The van der Waals surface area contributed by atoms with Gasteiger partial charge in [0.05, 0.1) is 7.11 Å². The van der Waals surface area contributed by atoms with Gasteiger partial charge < -0.3 is 19.3 Å². The molecule has 0 aromatic heterocycles. The van der Waals surface area contributed by atoms with E-state index in [1.807, 2.05) is 6.07 Å². The lowest BCUT2D eigenvalue weighted by Crippen LogP contribution is -2.35. The summed E-state index contributed by atoms with van der Waals surface area (Å²) in [7, 11) is 3.75. The number of likely N-dealkylation sites (N-methyl/N-ethyl adjacent to an activating group) is 1. The van der Waals surface area contributed by atoms with Crippen molar-refractivity contribution in [2.24, 2.45) is 0 Å². The first-order valence-electron chi connectivity index (χ1n) is 8.23. The van der Waals surface area contributed by atoms with Crippen molar-refractivity contribution in [1.82, 2.24) is 4.90 Å². The lowest BCUT2D eigenvalue weighted by atomic mass is 9.76. The molecule has 0 saturated heterocycles. The first-order valence-corrected chi connectivity index (χ1v) is 8.23. The van der Waals surface area contributed by atoms with Crippen LogP contribution in [0.3, 0.4) is 0 Å². The summed E-state index contributed by atoms with van der Waals surface area (Å²) in [4.78, 5) is 2.40. The maximum atomic E-state index is 10.3. The Hall–Kier alpha value is -2.40. The summed E-state index contributed by atoms with van der Waals surface area (Å²) in [6.07, 6.45) is 1.91. The Kier molecular flexibility index (Phi) is 2.80. The molecule has 2 aromatic rings. The average Bonchev–Trinajstić information content (AvgIpc) is 3.05. The molecule has 1 N–H and O–H groups in total. The highest BCUT2D eigenvalue weighted by atomic mass is 16.7. The van der Waals surface area contributed by atoms with Gasteiger partial charge in [0.15, 0.2) is 23.0 Å². The van der Waals surface area contributed by atoms with Crippen molar-refractivity contribution in [2.75, 3.05) is 27.5 Å². The molecule has 5 nitrogen and oxygen atoms in total. The molecule has 124 valence electrons. The number of phenols is 1. The van der Waals surface area contributed by atoms with Gasteiger partial charge in [0.1, 0.15) is 0 Å². The molecule has 24 heavy (non-hydrogen) atoms. The van der Waals surface area contributed by atoms with Gasteiger partial charge in [0, 0.05) is 18.2 Å². The summed E-state index contributed by atoms with van der Waals surface area (Å²) in [5.41, 5.74) is 5.93. The van der Waals surface area contributed by atoms with Gasteiger partial charge >= 0.3 is 0 Å². The largest absolute Gasteiger partial charge is 0.504 e. The third kappa shape index (κ3) is 1.73. The Morgan fingerprint density at radius 1 is 1.21 bits per heavy atom. The Bertz CT molecular complexity index is 861. The molecule has 5 rings (SSSR count). The van der Waals surface area contributed by atoms with Crippen molar-refractivity contribution in [1.29, 1.82) is 0 Å². The van der Waals surface area contributed by atoms with E-state index in [0.29, 0.717) is 11.8 Å². The number of ether oxygens (including phenoxy) is 3. The van der Waals surface area contributed by atoms with Gasteiger partial charge in [0.2, 0.25) is 6.79 Å². The predicted octanol–water partition coefficient (Wildman–Crippen LogP) is 2.88. The number of benzene rings is 2. The van der Waals surface area contributed by atoms with Crippen LogP contribution in [0, 0.1) is 0 Å².